The van der Waals surface area contributed by atoms with Crippen LogP contribution in [0.15, 0.2) is 17.6 Å². The molecule has 7 nitrogen and oxygen atoms in total. The topological polar surface area (TPSA) is 73.7 Å². The Morgan fingerprint density at radius 3 is 2.90 bits per heavy atom. The van der Waals surface area contributed by atoms with Gasteiger partial charge in [-0.3, -0.25) is 0 Å². The number of methoxy groups -OCH3 is 1. The lowest BCUT2D eigenvalue weighted by atomic mass is 10.0. The molecule has 0 N–H and O–H groups in total. The summed E-state index contributed by atoms with van der Waals surface area (Å²) in [6.45, 7) is 1.06. The summed E-state index contributed by atoms with van der Waals surface area (Å²) >= 11 is 0. The molecule has 2 aliphatic rings. The molecule has 0 radical (unpaired) electrons. The lowest BCUT2D eigenvalue weighted by molar-refractivity contribution is -0.0872. The number of nitrogens with zero attached hydrogens (tertiary/aromatic N) is 3. The van der Waals surface area contributed by atoms with Gasteiger partial charge in [0.15, 0.2) is 5.03 Å². The van der Waals surface area contributed by atoms with Crippen molar-refractivity contribution < 1.29 is 17.9 Å². The first-order valence-electron chi connectivity index (χ1n) is 7.16. The number of sulfonamides is 1. The molecule has 118 valence electrons. The minimum Gasteiger partial charge on any atom is -0.382 e. The number of fused-ring (bicyclic) bond motifs is 1. The highest BCUT2D eigenvalue weighted by Gasteiger charge is 2.45. The number of imidazole rings is 1. The van der Waals surface area contributed by atoms with Crippen molar-refractivity contribution in [3.63, 3.8) is 0 Å². The Labute approximate surface area is 124 Å². The van der Waals surface area contributed by atoms with Crippen molar-refractivity contribution in [2.45, 2.75) is 42.5 Å². The highest BCUT2D eigenvalue weighted by molar-refractivity contribution is 7.89. The predicted molar refractivity (Wildman–Crippen MR) is 75.3 cm³/mol. The highest BCUT2D eigenvalue weighted by Crippen LogP contribution is 2.34. The van der Waals surface area contributed by atoms with Crippen molar-refractivity contribution in [2.24, 2.45) is 7.05 Å². The van der Waals surface area contributed by atoms with E-state index in [1.807, 2.05) is 0 Å². The molecule has 0 saturated carbocycles. The second-order valence-corrected chi connectivity index (χ2v) is 7.52. The maximum Gasteiger partial charge on any atom is 0.262 e. The van der Waals surface area contributed by atoms with Gasteiger partial charge in [-0.1, -0.05) is 0 Å². The van der Waals surface area contributed by atoms with Gasteiger partial charge in [-0.05, 0) is 19.3 Å². The third-order valence-electron chi connectivity index (χ3n) is 4.19. The van der Waals surface area contributed by atoms with Crippen LogP contribution in [0.1, 0.15) is 19.3 Å². The van der Waals surface area contributed by atoms with Crippen LogP contribution >= 0.6 is 0 Å². The highest BCUT2D eigenvalue weighted by atomic mass is 32.2. The molecular weight excluding hydrogens is 294 g/mol. The van der Waals surface area contributed by atoms with Crippen LogP contribution in [0.5, 0.6) is 0 Å². The molecule has 0 bridgehead atoms. The molecule has 0 amide bonds. The Hall–Kier alpha value is -0.960. The van der Waals surface area contributed by atoms with Crippen LogP contribution in [0, 0.1) is 0 Å². The molecule has 0 aromatic carbocycles. The molecule has 8 heteroatoms. The molecule has 0 unspecified atom stereocenters. The molecule has 21 heavy (non-hydrogen) atoms. The van der Waals surface area contributed by atoms with E-state index < -0.39 is 10.0 Å². The van der Waals surface area contributed by atoms with E-state index in [2.05, 4.69) is 4.98 Å². The fraction of sp³-hybridized carbons (Fsp3) is 0.769. The van der Waals surface area contributed by atoms with Gasteiger partial charge < -0.3 is 14.0 Å². The molecule has 0 spiro atoms. The summed E-state index contributed by atoms with van der Waals surface area (Å²) in [5.74, 6) is 0. The molecule has 0 aliphatic carbocycles. The molecule has 3 atom stereocenters. The van der Waals surface area contributed by atoms with E-state index in [9.17, 15) is 8.42 Å². The van der Waals surface area contributed by atoms with E-state index in [1.54, 1.807) is 29.2 Å². The van der Waals surface area contributed by atoms with Gasteiger partial charge in [0.05, 0.1) is 31.2 Å². The maximum absolute atomic E-state index is 12.7. The summed E-state index contributed by atoms with van der Waals surface area (Å²) in [6.07, 6.45) is 5.46. The Bertz CT molecular complexity index is 600. The number of ether oxygens (including phenoxy) is 2. The SMILES string of the molecule is COC[C@H]1CC[C@H]2[C@H](CCN2S(=O)(=O)c2cn(C)cn2)O1. The summed E-state index contributed by atoms with van der Waals surface area (Å²) in [5, 5.41) is 0.115. The van der Waals surface area contributed by atoms with E-state index in [-0.39, 0.29) is 23.3 Å². The van der Waals surface area contributed by atoms with Crippen molar-refractivity contribution in [3.8, 4) is 0 Å². The number of hydrogen-bond acceptors (Lipinski definition) is 5. The Morgan fingerprint density at radius 1 is 1.43 bits per heavy atom. The summed E-state index contributed by atoms with van der Waals surface area (Å²) in [4.78, 5) is 3.99. The molecule has 1 aromatic rings. The molecule has 1 aromatic heterocycles. The first kappa shape index (κ1) is 15.0. The fourth-order valence-electron chi connectivity index (χ4n) is 3.21. The quantitative estimate of drug-likeness (QED) is 0.803. The van der Waals surface area contributed by atoms with Crippen LogP contribution < -0.4 is 0 Å². The zero-order chi connectivity index (χ0) is 15.0. The number of aromatic nitrogens is 2. The van der Waals surface area contributed by atoms with Gasteiger partial charge in [-0.15, -0.1) is 0 Å². The van der Waals surface area contributed by atoms with Crippen LogP contribution in [-0.2, 0) is 26.5 Å². The van der Waals surface area contributed by atoms with Crippen molar-refractivity contribution in [1.82, 2.24) is 13.9 Å². The van der Waals surface area contributed by atoms with Gasteiger partial charge >= 0.3 is 0 Å². The van der Waals surface area contributed by atoms with E-state index in [0.717, 1.165) is 19.3 Å². The zero-order valence-corrected chi connectivity index (χ0v) is 13.1. The molecular formula is C13H21N3O4S. The Kier molecular flexibility index (Phi) is 4.04. The fourth-order valence-corrected chi connectivity index (χ4v) is 4.87. The van der Waals surface area contributed by atoms with E-state index in [0.29, 0.717) is 13.2 Å². The first-order chi connectivity index (χ1) is 10.0. The summed E-state index contributed by atoms with van der Waals surface area (Å²) in [5.41, 5.74) is 0. The van der Waals surface area contributed by atoms with Crippen LogP contribution in [0.2, 0.25) is 0 Å². The molecule has 2 aliphatic heterocycles. The summed E-state index contributed by atoms with van der Waals surface area (Å²) < 4.78 is 39.7. The maximum atomic E-state index is 12.7. The number of rotatable bonds is 4. The first-order valence-corrected chi connectivity index (χ1v) is 8.60. The minimum atomic E-state index is -3.53. The molecule has 3 heterocycles. The van der Waals surface area contributed by atoms with Crippen molar-refractivity contribution in [2.75, 3.05) is 20.3 Å². The van der Waals surface area contributed by atoms with Crippen LogP contribution in [0.3, 0.4) is 0 Å². The van der Waals surface area contributed by atoms with Gasteiger partial charge in [0.2, 0.25) is 0 Å². The number of hydrogen-bond donors (Lipinski definition) is 0. The number of aryl methyl sites for hydroxylation is 1. The smallest absolute Gasteiger partial charge is 0.262 e. The molecule has 3 rings (SSSR count). The van der Waals surface area contributed by atoms with E-state index in [1.165, 1.54) is 6.33 Å². The third kappa shape index (κ3) is 2.73. The molecule has 2 fully saturated rings. The lowest BCUT2D eigenvalue weighted by Crippen LogP contribution is -2.45. The summed E-state index contributed by atoms with van der Waals surface area (Å²) in [6, 6.07) is -0.0786. The van der Waals surface area contributed by atoms with Crippen LogP contribution in [0.25, 0.3) is 0 Å². The normalized spacial score (nSPS) is 30.5. The van der Waals surface area contributed by atoms with E-state index >= 15 is 0 Å². The van der Waals surface area contributed by atoms with Gasteiger partial charge in [0.1, 0.15) is 0 Å². The van der Waals surface area contributed by atoms with Gasteiger partial charge in [-0.25, -0.2) is 13.4 Å². The van der Waals surface area contributed by atoms with E-state index in [4.69, 9.17) is 9.47 Å². The standard InChI is InChI=1S/C13H21N3O4S/c1-15-7-13(14-9-15)21(17,18)16-6-5-12-11(16)4-3-10(20-12)8-19-2/h7,9-12H,3-6,8H2,1-2H3/t10-,11+,12+/m1/s1. The van der Waals surface area contributed by atoms with Crippen molar-refractivity contribution in [1.29, 1.82) is 0 Å². The average Bonchev–Trinajstić information content (AvgIpc) is 3.05. The van der Waals surface area contributed by atoms with Crippen molar-refractivity contribution >= 4 is 10.0 Å². The van der Waals surface area contributed by atoms with Gasteiger partial charge in [0, 0.05) is 26.9 Å². The predicted octanol–water partition coefficient (Wildman–Crippen LogP) is 0.377. The van der Waals surface area contributed by atoms with Crippen LogP contribution in [-0.4, -0.2) is 60.8 Å². The lowest BCUT2D eigenvalue weighted by Gasteiger charge is -2.35. The largest absolute Gasteiger partial charge is 0.382 e. The average molecular weight is 315 g/mol. The monoisotopic (exact) mass is 315 g/mol. The second kappa shape index (κ2) is 5.68. The van der Waals surface area contributed by atoms with Crippen LogP contribution in [0.4, 0.5) is 0 Å². The van der Waals surface area contributed by atoms with Gasteiger partial charge in [0.25, 0.3) is 10.0 Å². The Morgan fingerprint density at radius 2 is 2.24 bits per heavy atom. The third-order valence-corrected chi connectivity index (χ3v) is 6.00. The zero-order valence-electron chi connectivity index (χ0n) is 12.3. The Balaban J connectivity index is 1.77. The minimum absolute atomic E-state index is 0.0302. The molecule has 2 saturated heterocycles. The summed E-state index contributed by atoms with van der Waals surface area (Å²) in [7, 11) is -0.111. The van der Waals surface area contributed by atoms with Crippen molar-refractivity contribution in [3.05, 3.63) is 12.5 Å². The van der Waals surface area contributed by atoms with Gasteiger partial charge in [-0.2, -0.15) is 4.31 Å². The second-order valence-electron chi connectivity index (χ2n) is 5.68.